The summed E-state index contributed by atoms with van der Waals surface area (Å²) in [5.74, 6) is -1.01. The minimum absolute atomic E-state index is 0.0184. The molecule has 0 saturated carbocycles. The molecule has 0 saturated heterocycles. The predicted octanol–water partition coefficient (Wildman–Crippen LogP) is 12.0. The molecule has 13 heteroatoms. The van der Waals surface area contributed by atoms with Crippen molar-refractivity contribution < 1.29 is 33.0 Å². The maximum atomic E-state index is 12.7. The summed E-state index contributed by atoms with van der Waals surface area (Å²) in [5, 5.41) is 30.9. The summed E-state index contributed by atoms with van der Waals surface area (Å²) >= 11 is 6.63. The van der Waals surface area contributed by atoms with Crippen LogP contribution in [0, 0.1) is 0 Å². The molecule has 4 amide bonds. The summed E-state index contributed by atoms with van der Waals surface area (Å²) in [7, 11) is 0. The summed E-state index contributed by atoms with van der Waals surface area (Å²) in [6, 6.07) is 38.9. The van der Waals surface area contributed by atoms with Crippen LogP contribution in [0.4, 0.5) is 45.5 Å². The van der Waals surface area contributed by atoms with Crippen LogP contribution in [0.3, 0.4) is 0 Å². The largest absolute Gasteiger partial charge is 0.505 e. The first kappa shape index (κ1) is 37.5. The van der Waals surface area contributed by atoms with Gasteiger partial charge in [0.1, 0.15) is 5.75 Å². The van der Waals surface area contributed by atoms with Crippen molar-refractivity contribution in [1.29, 1.82) is 0 Å². The molecular weight excluding hydrogens is 805 g/mol. The normalized spacial score (nSPS) is 10.7. The molecular formula is C39H29Br2F3N4O4. The number of para-hydroxylation sites is 3. The monoisotopic (exact) mass is 832 g/mol. The molecule has 6 N–H and O–H groups in total. The fourth-order valence-electron chi connectivity index (χ4n) is 5.00. The quantitative estimate of drug-likeness (QED) is 0.0936. The molecule has 0 atom stereocenters. The molecule has 0 unspecified atom stereocenters. The molecule has 0 aliphatic carbocycles. The number of nitrogens with one attached hydrogen (secondary N) is 4. The van der Waals surface area contributed by atoms with Crippen molar-refractivity contribution >= 4 is 66.7 Å². The first-order valence-electron chi connectivity index (χ1n) is 15.4. The molecule has 264 valence electrons. The number of phenols is 2. The van der Waals surface area contributed by atoms with Crippen LogP contribution in [0.25, 0.3) is 22.3 Å². The number of aromatic hydroxyl groups is 2. The molecule has 0 fully saturated rings. The summed E-state index contributed by atoms with van der Waals surface area (Å²) < 4.78 is 39.4. The van der Waals surface area contributed by atoms with E-state index in [2.05, 4.69) is 53.1 Å². The molecule has 6 rings (SSSR count). The van der Waals surface area contributed by atoms with Crippen molar-refractivity contribution in [1.82, 2.24) is 0 Å². The average molecular weight is 834 g/mol. The van der Waals surface area contributed by atoms with E-state index < -0.39 is 29.6 Å². The maximum absolute atomic E-state index is 12.7. The molecule has 0 spiro atoms. The number of carbonyl (C=O) groups excluding carboxylic acids is 2. The Morgan fingerprint density at radius 2 is 0.904 bits per heavy atom. The summed E-state index contributed by atoms with van der Waals surface area (Å²) in [4.78, 5) is 24.3. The van der Waals surface area contributed by atoms with Crippen molar-refractivity contribution in [2.45, 2.75) is 6.18 Å². The molecule has 8 nitrogen and oxygen atoms in total. The third kappa shape index (κ3) is 9.50. The minimum atomic E-state index is -4.71. The number of hydrogen-bond acceptors (Lipinski definition) is 4. The van der Waals surface area contributed by atoms with E-state index >= 15 is 0 Å². The fraction of sp³-hybridized carbons (Fsp3) is 0.0256. The van der Waals surface area contributed by atoms with Gasteiger partial charge in [-0.2, -0.15) is 13.2 Å². The zero-order chi connectivity index (χ0) is 37.3. The van der Waals surface area contributed by atoms with E-state index in [1.165, 1.54) is 6.07 Å². The van der Waals surface area contributed by atoms with E-state index in [1.54, 1.807) is 36.4 Å². The van der Waals surface area contributed by atoms with Gasteiger partial charge in [-0.1, -0.05) is 97.1 Å². The van der Waals surface area contributed by atoms with Gasteiger partial charge in [0.25, 0.3) is 0 Å². The second kappa shape index (κ2) is 16.9. The molecule has 0 aliphatic heterocycles. The van der Waals surface area contributed by atoms with E-state index in [-0.39, 0.29) is 11.4 Å². The topological polar surface area (TPSA) is 123 Å². The molecule has 6 aromatic rings. The first-order valence-corrected chi connectivity index (χ1v) is 17.0. The number of benzene rings is 6. The Labute approximate surface area is 313 Å². The number of rotatable bonds is 6. The van der Waals surface area contributed by atoms with Crippen molar-refractivity contribution in [3.05, 3.63) is 154 Å². The van der Waals surface area contributed by atoms with E-state index in [1.807, 2.05) is 84.9 Å². The highest BCUT2D eigenvalue weighted by Gasteiger charge is 2.34. The number of anilines is 4. The lowest BCUT2D eigenvalue weighted by atomic mass is 9.93. The van der Waals surface area contributed by atoms with Crippen molar-refractivity contribution in [3.63, 3.8) is 0 Å². The Bertz CT molecular complexity index is 2190. The SMILES string of the molecule is O=C(Nc1ccccc1Br)Nc1ccc(-c2ccccc2)c(-c2ccccc2)c1O.O=C(Nc1ccccc1Br)Nc1cccc(C(F)(F)F)c1O. The van der Waals surface area contributed by atoms with Crippen molar-refractivity contribution in [2.75, 3.05) is 21.3 Å². The van der Waals surface area contributed by atoms with Gasteiger partial charge in [-0.05, 0) is 91.0 Å². The van der Waals surface area contributed by atoms with Crippen LogP contribution >= 0.6 is 31.9 Å². The molecule has 0 aromatic heterocycles. The summed E-state index contributed by atoms with van der Waals surface area (Å²) in [6.45, 7) is 0. The zero-order valence-corrected chi connectivity index (χ0v) is 30.1. The lowest BCUT2D eigenvalue weighted by molar-refractivity contribution is -0.138. The van der Waals surface area contributed by atoms with Crippen molar-refractivity contribution in [3.8, 4) is 33.8 Å². The summed E-state index contributed by atoms with van der Waals surface area (Å²) in [6.07, 6.45) is -4.71. The van der Waals surface area contributed by atoms with Crippen LogP contribution in [0.15, 0.2) is 148 Å². The van der Waals surface area contributed by atoms with E-state index in [4.69, 9.17) is 0 Å². The Kier molecular flexibility index (Phi) is 12.2. The lowest BCUT2D eigenvalue weighted by Gasteiger charge is -2.17. The predicted molar refractivity (Wildman–Crippen MR) is 206 cm³/mol. The number of amides is 4. The molecule has 0 aliphatic rings. The van der Waals surface area contributed by atoms with Crippen LogP contribution in [0.1, 0.15) is 5.56 Å². The average Bonchev–Trinajstić information content (AvgIpc) is 3.12. The minimum Gasteiger partial charge on any atom is -0.505 e. The zero-order valence-electron chi connectivity index (χ0n) is 26.9. The van der Waals surface area contributed by atoms with Crippen LogP contribution in [0.2, 0.25) is 0 Å². The van der Waals surface area contributed by atoms with Gasteiger partial charge < -0.3 is 31.5 Å². The third-order valence-corrected chi connectivity index (χ3v) is 8.79. The second-order valence-corrected chi connectivity index (χ2v) is 12.6. The summed E-state index contributed by atoms with van der Waals surface area (Å²) in [5.41, 5.74) is 3.25. The van der Waals surface area contributed by atoms with Gasteiger partial charge in [0.2, 0.25) is 0 Å². The lowest BCUT2D eigenvalue weighted by Crippen LogP contribution is -2.20. The molecule has 0 radical (unpaired) electrons. The maximum Gasteiger partial charge on any atom is 0.420 e. The molecule has 52 heavy (non-hydrogen) atoms. The first-order chi connectivity index (χ1) is 24.9. The van der Waals surface area contributed by atoms with Crippen LogP contribution in [-0.2, 0) is 6.18 Å². The van der Waals surface area contributed by atoms with E-state index in [0.29, 0.717) is 27.1 Å². The van der Waals surface area contributed by atoms with E-state index in [9.17, 15) is 33.0 Å². The number of alkyl halides is 3. The highest BCUT2D eigenvalue weighted by Crippen LogP contribution is 2.43. The Morgan fingerprint density at radius 1 is 0.481 bits per heavy atom. The standard InChI is InChI=1S/C25H19BrN2O2.C14H10BrF3N2O2/c26-20-13-7-8-14-21(20)27-25(30)28-22-16-15-19(17-9-3-1-4-10-17)23(24(22)29)18-11-5-2-6-12-18;15-9-5-1-2-6-10(9)19-13(22)20-11-7-3-4-8(12(11)21)14(16,17)18/h1-16,29H,(H2,27,28,30);1-7,21H,(H2,19,20,22). The number of halogens is 5. The van der Waals surface area contributed by atoms with Gasteiger partial charge >= 0.3 is 18.2 Å². The van der Waals surface area contributed by atoms with Gasteiger partial charge in [-0.3, -0.25) is 0 Å². The third-order valence-electron chi connectivity index (χ3n) is 7.41. The van der Waals surface area contributed by atoms with Gasteiger partial charge in [-0.15, -0.1) is 0 Å². The fourth-order valence-corrected chi connectivity index (χ4v) is 5.77. The Balaban J connectivity index is 0.000000212. The van der Waals surface area contributed by atoms with Gasteiger partial charge in [0.15, 0.2) is 5.75 Å². The molecule has 0 heterocycles. The van der Waals surface area contributed by atoms with Gasteiger partial charge in [0.05, 0.1) is 28.3 Å². The number of phenolic OH excluding ortho intramolecular Hbond substituents is 2. The van der Waals surface area contributed by atoms with Crippen LogP contribution in [-0.4, -0.2) is 22.3 Å². The molecule has 0 bridgehead atoms. The van der Waals surface area contributed by atoms with Crippen LogP contribution < -0.4 is 21.3 Å². The highest BCUT2D eigenvalue weighted by molar-refractivity contribution is 9.11. The van der Waals surface area contributed by atoms with E-state index in [0.717, 1.165) is 33.3 Å². The van der Waals surface area contributed by atoms with Gasteiger partial charge in [-0.25, -0.2) is 9.59 Å². The molecule has 6 aromatic carbocycles. The van der Waals surface area contributed by atoms with Crippen LogP contribution in [0.5, 0.6) is 11.5 Å². The smallest absolute Gasteiger partial charge is 0.420 e. The Morgan fingerprint density at radius 3 is 1.40 bits per heavy atom. The highest BCUT2D eigenvalue weighted by atomic mass is 79.9. The van der Waals surface area contributed by atoms with Crippen molar-refractivity contribution in [2.24, 2.45) is 0 Å². The number of urea groups is 2. The Hall–Kier alpha value is -5.79. The number of hydrogen-bond donors (Lipinski definition) is 6. The number of carbonyl (C=O) groups is 2. The van der Waals surface area contributed by atoms with Gasteiger partial charge in [0, 0.05) is 14.5 Å². The second-order valence-electron chi connectivity index (χ2n) is 10.9.